The highest BCUT2D eigenvalue weighted by molar-refractivity contribution is 7.15. The van der Waals surface area contributed by atoms with Gasteiger partial charge in [-0.2, -0.15) is 0 Å². The Balaban J connectivity index is 1.86. The highest BCUT2D eigenvalue weighted by Gasteiger charge is 2.09. The Morgan fingerprint density at radius 1 is 1.37 bits per heavy atom. The lowest BCUT2D eigenvalue weighted by Crippen LogP contribution is -2.17. The van der Waals surface area contributed by atoms with Gasteiger partial charge in [0.1, 0.15) is 10.8 Å². The average Bonchev–Trinajstić information content (AvgIpc) is 2.97. The van der Waals surface area contributed by atoms with Crippen molar-refractivity contribution >= 4 is 16.5 Å². The summed E-state index contributed by atoms with van der Waals surface area (Å²) in [5, 5.41) is 13.5. The van der Waals surface area contributed by atoms with Gasteiger partial charge in [-0.3, -0.25) is 4.90 Å². The number of nitrogens with zero attached hydrogens (tertiary/aromatic N) is 3. The second-order valence-electron chi connectivity index (χ2n) is 4.60. The molecule has 0 spiro atoms. The van der Waals surface area contributed by atoms with Gasteiger partial charge in [0.05, 0.1) is 12.8 Å². The van der Waals surface area contributed by atoms with E-state index in [4.69, 9.17) is 4.42 Å². The van der Waals surface area contributed by atoms with Crippen LogP contribution in [0.5, 0.6) is 0 Å². The van der Waals surface area contributed by atoms with Gasteiger partial charge in [0, 0.05) is 18.7 Å². The quantitative estimate of drug-likeness (QED) is 0.845. The first-order chi connectivity index (χ1) is 9.19. The summed E-state index contributed by atoms with van der Waals surface area (Å²) >= 11 is 1.62. The van der Waals surface area contributed by atoms with Crippen LogP contribution in [0.2, 0.25) is 0 Å². The summed E-state index contributed by atoms with van der Waals surface area (Å²) in [6.45, 7) is 6.73. The molecule has 104 valence electrons. The molecule has 0 aliphatic rings. The normalized spacial score (nSPS) is 11.2. The van der Waals surface area contributed by atoms with Crippen LogP contribution in [0.3, 0.4) is 0 Å². The maximum absolute atomic E-state index is 5.30. The van der Waals surface area contributed by atoms with E-state index in [0.29, 0.717) is 0 Å². The molecule has 1 N–H and O–H groups in total. The van der Waals surface area contributed by atoms with Crippen LogP contribution in [0.25, 0.3) is 0 Å². The maximum atomic E-state index is 5.30. The van der Waals surface area contributed by atoms with E-state index in [1.807, 2.05) is 13.0 Å². The predicted octanol–water partition coefficient (Wildman–Crippen LogP) is 2.89. The van der Waals surface area contributed by atoms with Crippen LogP contribution in [-0.4, -0.2) is 28.7 Å². The zero-order valence-electron chi connectivity index (χ0n) is 11.6. The molecular weight excluding hydrogens is 260 g/mol. The molecule has 0 saturated carbocycles. The third kappa shape index (κ3) is 4.04. The Hall–Kier alpha value is -1.40. The summed E-state index contributed by atoms with van der Waals surface area (Å²) in [6.07, 6.45) is 2.82. The molecule has 0 aromatic carbocycles. The highest BCUT2D eigenvalue weighted by atomic mass is 32.1. The summed E-state index contributed by atoms with van der Waals surface area (Å²) < 4.78 is 5.30. The standard InChI is InChI=1S/C13H20N4OS/c1-4-6-14-13-16-15-12(19-13)9-17(3)8-11-5-7-18-10(11)2/h5,7H,4,6,8-9H2,1-3H3,(H,14,16). The molecule has 2 rings (SSSR count). The van der Waals surface area contributed by atoms with Gasteiger partial charge >= 0.3 is 0 Å². The Morgan fingerprint density at radius 3 is 2.89 bits per heavy atom. The Morgan fingerprint density at radius 2 is 2.21 bits per heavy atom. The molecule has 0 bridgehead atoms. The van der Waals surface area contributed by atoms with Crippen molar-refractivity contribution in [1.82, 2.24) is 15.1 Å². The fourth-order valence-electron chi connectivity index (χ4n) is 1.77. The topological polar surface area (TPSA) is 54.2 Å². The van der Waals surface area contributed by atoms with E-state index >= 15 is 0 Å². The molecule has 6 heteroatoms. The van der Waals surface area contributed by atoms with Gasteiger partial charge in [0.2, 0.25) is 5.13 Å². The molecule has 0 atom stereocenters. The minimum absolute atomic E-state index is 0.802. The smallest absolute Gasteiger partial charge is 0.205 e. The Labute approximate surface area is 117 Å². The van der Waals surface area contributed by atoms with Crippen LogP contribution in [0.4, 0.5) is 5.13 Å². The Kier molecular flexibility index (Phi) is 4.93. The number of hydrogen-bond acceptors (Lipinski definition) is 6. The minimum atomic E-state index is 0.802. The van der Waals surface area contributed by atoms with Gasteiger partial charge in [-0.25, -0.2) is 0 Å². The lowest BCUT2D eigenvalue weighted by molar-refractivity contribution is 0.315. The van der Waals surface area contributed by atoms with Crippen molar-refractivity contribution in [3.8, 4) is 0 Å². The number of furan rings is 1. The van der Waals surface area contributed by atoms with E-state index in [1.165, 1.54) is 5.56 Å². The van der Waals surface area contributed by atoms with Crippen molar-refractivity contribution in [3.63, 3.8) is 0 Å². The average molecular weight is 280 g/mol. The van der Waals surface area contributed by atoms with Gasteiger partial charge in [-0.15, -0.1) is 10.2 Å². The van der Waals surface area contributed by atoms with Crippen molar-refractivity contribution < 1.29 is 4.42 Å². The van der Waals surface area contributed by atoms with Crippen molar-refractivity contribution in [2.45, 2.75) is 33.4 Å². The maximum Gasteiger partial charge on any atom is 0.205 e. The highest BCUT2D eigenvalue weighted by Crippen LogP contribution is 2.18. The lowest BCUT2D eigenvalue weighted by Gasteiger charge is -2.13. The molecule has 0 unspecified atom stereocenters. The summed E-state index contributed by atoms with van der Waals surface area (Å²) in [4.78, 5) is 2.21. The monoisotopic (exact) mass is 280 g/mol. The zero-order valence-corrected chi connectivity index (χ0v) is 12.5. The van der Waals surface area contributed by atoms with E-state index in [2.05, 4.69) is 34.4 Å². The largest absolute Gasteiger partial charge is 0.469 e. The minimum Gasteiger partial charge on any atom is -0.469 e. The van der Waals surface area contributed by atoms with Crippen molar-refractivity contribution in [3.05, 3.63) is 28.7 Å². The molecule has 0 amide bonds. The molecule has 2 heterocycles. The predicted molar refractivity (Wildman–Crippen MR) is 77.3 cm³/mol. The van der Waals surface area contributed by atoms with Crippen LogP contribution < -0.4 is 5.32 Å². The summed E-state index contributed by atoms with van der Waals surface area (Å²) in [5.41, 5.74) is 1.22. The molecule has 0 aliphatic heterocycles. The first-order valence-corrected chi connectivity index (χ1v) is 7.28. The molecule has 0 aliphatic carbocycles. The molecule has 0 fully saturated rings. The fourth-order valence-corrected chi connectivity index (χ4v) is 2.62. The van der Waals surface area contributed by atoms with E-state index in [1.54, 1.807) is 17.6 Å². The molecule has 19 heavy (non-hydrogen) atoms. The first-order valence-electron chi connectivity index (χ1n) is 6.46. The second kappa shape index (κ2) is 6.68. The van der Waals surface area contributed by atoms with Crippen molar-refractivity contribution in [1.29, 1.82) is 0 Å². The lowest BCUT2D eigenvalue weighted by atomic mass is 10.2. The third-order valence-electron chi connectivity index (χ3n) is 2.80. The van der Waals surface area contributed by atoms with Gasteiger partial charge in [-0.1, -0.05) is 18.3 Å². The van der Waals surface area contributed by atoms with Crippen molar-refractivity contribution in [2.24, 2.45) is 0 Å². The molecule has 5 nitrogen and oxygen atoms in total. The number of hydrogen-bond donors (Lipinski definition) is 1. The summed E-state index contributed by atoms with van der Waals surface area (Å²) in [6, 6.07) is 2.01. The number of nitrogens with one attached hydrogen (secondary N) is 1. The van der Waals surface area contributed by atoms with Crippen molar-refractivity contribution in [2.75, 3.05) is 18.9 Å². The number of anilines is 1. The van der Waals surface area contributed by atoms with E-state index in [-0.39, 0.29) is 0 Å². The van der Waals surface area contributed by atoms with Gasteiger partial charge in [-0.05, 0) is 26.5 Å². The molecular formula is C13H20N4OS. The molecule has 0 saturated heterocycles. The third-order valence-corrected chi connectivity index (χ3v) is 3.67. The second-order valence-corrected chi connectivity index (χ2v) is 5.66. The Bertz CT molecular complexity index is 508. The molecule has 2 aromatic rings. The van der Waals surface area contributed by atoms with E-state index in [9.17, 15) is 0 Å². The molecule has 0 radical (unpaired) electrons. The van der Waals surface area contributed by atoms with Gasteiger partial charge < -0.3 is 9.73 Å². The fraction of sp³-hybridized carbons (Fsp3) is 0.538. The number of aromatic nitrogens is 2. The number of aryl methyl sites for hydroxylation is 1. The van der Waals surface area contributed by atoms with Crippen LogP contribution in [0.15, 0.2) is 16.7 Å². The van der Waals surface area contributed by atoms with Crippen LogP contribution in [0.1, 0.15) is 29.7 Å². The van der Waals surface area contributed by atoms with E-state index < -0.39 is 0 Å². The number of rotatable bonds is 7. The summed E-state index contributed by atoms with van der Waals surface area (Å²) in [7, 11) is 2.08. The van der Waals surface area contributed by atoms with E-state index in [0.717, 1.165) is 42.0 Å². The molecule has 2 aromatic heterocycles. The summed E-state index contributed by atoms with van der Waals surface area (Å²) in [5.74, 6) is 0.981. The van der Waals surface area contributed by atoms with Gasteiger partial charge in [0.25, 0.3) is 0 Å². The first kappa shape index (κ1) is 14.0. The zero-order chi connectivity index (χ0) is 13.7. The van der Waals surface area contributed by atoms with Crippen LogP contribution in [-0.2, 0) is 13.1 Å². The van der Waals surface area contributed by atoms with Gasteiger partial charge in [0.15, 0.2) is 0 Å². The SMILES string of the molecule is CCCNc1nnc(CN(C)Cc2ccoc2C)s1. The van der Waals surface area contributed by atoms with Crippen LogP contribution in [0, 0.1) is 6.92 Å². The van der Waals surface area contributed by atoms with Crippen LogP contribution >= 0.6 is 11.3 Å².